The average molecular weight is 219 g/mol. The summed E-state index contributed by atoms with van der Waals surface area (Å²) in [5.41, 5.74) is 1.34. The largest absolute Gasteiger partial charge is 0.374 e. The lowest BCUT2D eigenvalue weighted by Crippen LogP contribution is -2.29. The van der Waals surface area contributed by atoms with Gasteiger partial charge in [-0.15, -0.1) is 0 Å². The number of hydrogen-bond donors (Lipinski definition) is 1. The fourth-order valence-corrected chi connectivity index (χ4v) is 2.20. The molecule has 1 fully saturated rings. The van der Waals surface area contributed by atoms with Gasteiger partial charge in [0.2, 0.25) is 0 Å². The van der Waals surface area contributed by atoms with Crippen LogP contribution in [0, 0.1) is 0 Å². The highest BCUT2D eigenvalue weighted by Crippen LogP contribution is 2.19. The van der Waals surface area contributed by atoms with Gasteiger partial charge in [-0.05, 0) is 32.3 Å². The zero-order valence-corrected chi connectivity index (χ0v) is 10.1. The standard InChI is InChI=1S/C14H21NO/c1-11-8-9-14(16-11)10-15-12(2)13-6-4-3-5-7-13/h3-7,11-12,14-15H,8-10H2,1-2H3/t11?,12-,14?/m0/s1. The molecule has 3 atom stereocenters. The normalized spacial score (nSPS) is 26.9. The molecule has 1 saturated heterocycles. The minimum absolute atomic E-state index is 0.403. The third kappa shape index (κ3) is 3.06. The van der Waals surface area contributed by atoms with Crippen LogP contribution < -0.4 is 5.32 Å². The second-order valence-corrected chi connectivity index (χ2v) is 4.69. The molecule has 1 aromatic rings. The van der Waals surface area contributed by atoms with Crippen LogP contribution in [-0.4, -0.2) is 18.8 Å². The summed E-state index contributed by atoms with van der Waals surface area (Å²) in [5, 5.41) is 3.54. The van der Waals surface area contributed by atoms with E-state index in [1.165, 1.54) is 18.4 Å². The van der Waals surface area contributed by atoms with Gasteiger partial charge < -0.3 is 10.1 Å². The molecule has 2 rings (SSSR count). The fraction of sp³-hybridized carbons (Fsp3) is 0.571. The summed E-state index contributed by atoms with van der Waals surface area (Å²) in [6.07, 6.45) is 3.24. The van der Waals surface area contributed by atoms with Gasteiger partial charge in [-0.1, -0.05) is 30.3 Å². The molecule has 1 N–H and O–H groups in total. The van der Waals surface area contributed by atoms with E-state index in [1.54, 1.807) is 0 Å². The van der Waals surface area contributed by atoms with E-state index in [4.69, 9.17) is 4.74 Å². The maximum Gasteiger partial charge on any atom is 0.0704 e. The van der Waals surface area contributed by atoms with Crippen LogP contribution in [0.1, 0.15) is 38.3 Å². The van der Waals surface area contributed by atoms with Crippen LogP contribution >= 0.6 is 0 Å². The number of rotatable bonds is 4. The summed E-state index contributed by atoms with van der Waals surface area (Å²) in [7, 11) is 0. The van der Waals surface area contributed by atoms with Gasteiger partial charge in [-0.25, -0.2) is 0 Å². The van der Waals surface area contributed by atoms with Crippen LogP contribution in [0.15, 0.2) is 30.3 Å². The highest BCUT2D eigenvalue weighted by atomic mass is 16.5. The van der Waals surface area contributed by atoms with E-state index in [2.05, 4.69) is 49.5 Å². The van der Waals surface area contributed by atoms with Crippen LogP contribution in [0.25, 0.3) is 0 Å². The molecule has 0 bridgehead atoms. The van der Waals surface area contributed by atoms with Crippen LogP contribution in [0.3, 0.4) is 0 Å². The van der Waals surface area contributed by atoms with Crippen molar-refractivity contribution in [3.8, 4) is 0 Å². The quantitative estimate of drug-likeness (QED) is 0.840. The van der Waals surface area contributed by atoms with Crippen molar-refractivity contribution in [3.05, 3.63) is 35.9 Å². The van der Waals surface area contributed by atoms with Crippen molar-refractivity contribution in [2.24, 2.45) is 0 Å². The maximum absolute atomic E-state index is 5.79. The van der Waals surface area contributed by atoms with Gasteiger partial charge in [0.25, 0.3) is 0 Å². The zero-order chi connectivity index (χ0) is 11.4. The Labute approximate surface area is 98.0 Å². The van der Waals surface area contributed by atoms with E-state index in [-0.39, 0.29) is 0 Å². The highest BCUT2D eigenvalue weighted by molar-refractivity contribution is 5.17. The molecule has 88 valence electrons. The topological polar surface area (TPSA) is 21.3 Å². The fourth-order valence-electron chi connectivity index (χ4n) is 2.20. The lowest BCUT2D eigenvalue weighted by molar-refractivity contribution is 0.0546. The Morgan fingerprint density at radius 3 is 2.69 bits per heavy atom. The molecule has 1 heterocycles. The number of nitrogens with one attached hydrogen (secondary N) is 1. The van der Waals surface area contributed by atoms with Gasteiger partial charge in [0, 0.05) is 12.6 Å². The number of hydrogen-bond acceptors (Lipinski definition) is 2. The minimum Gasteiger partial charge on any atom is -0.374 e. The van der Waals surface area contributed by atoms with Gasteiger partial charge in [0.15, 0.2) is 0 Å². The lowest BCUT2D eigenvalue weighted by Gasteiger charge is -2.17. The molecule has 0 aromatic heterocycles. The molecule has 2 heteroatoms. The van der Waals surface area contributed by atoms with Gasteiger partial charge in [-0.3, -0.25) is 0 Å². The summed E-state index contributed by atoms with van der Waals surface area (Å²) >= 11 is 0. The molecule has 16 heavy (non-hydrogen) atoms. The van der Waals surface area contributed by atoms with Crippen molar-refractivity contribution in [1.29, 1.82) is 0 Å². The van der Waals surface area contributed by atoms with Crippen molar-refractivity contribution in [1.82, 2.24) is 5.32 Å². The van der Waals surface area contributed by atoms with Crippen LogP contribution in [0.5, 0.6) is 0 Å². The summed E-state index contributed by atoms with van der Waals surface area (Å²) in [6, 6.07) is 11.0. The van der Waals surface area contributed by atoms with E-state index in [9.17, 15) is 0 Å². The molecular formula is C14H21NO. The molecule has 0 radical (unpaired) electrons. The smallest absolute Gasteiger partial charge is 0.0704 e. The van der Waals surface area contributed by atoms with E-state index in [0.717, 1.165) is 6.54 Å². The summed E-state index contributed by atoms with van der Waals surface area (Å²) in [5.74, 6) is 0. The van der Waals surface area contributed by atoms with Crippen molar-refractivity contribution < 1.29 is 4.74 Å². The van der Waals surface area contributed by atoms with E-state index < -0.39 is 0 Å². The first-order valence-corrected chi connectivity index (χ1v) is 6.19. The summed E-state index contributed by atoms with van der Waals surface area (Å²) in [4.78, 5) is 0. The molecule has 2 nitrogen and oxygen atoms in total. The first kappa shape index (κ1) is 11.6. The Balaban J connectivity index is 1.78. The minimum atomic E-state index is 0.403. The Bertz CT molecular complexity index is 312. The Morgan fingerprint density at radius 1 is 1.31 bits per heavy atom. The van der Waals surface area contributed by atoms with Crippen LogP contribution in [0.4, 0.5) is 0 Å². The van der Waals surface area contributed by atoms with Gasteiger partial charge in [0.05, 0.1) is 12.2 Å². The van der Waals surface area contributed by atoms with Crippen LogP contribution in [0.2, 0.25) is 0 Å². The van der Waals surface area contributed by atoms with Crippen LogP contribution in [-0.2, 0) is 4.74 Å². The second kappa shape index (κ2) is 5.46. The highest BCUT2D eigenvalue weighted by Gasteiger charge is 2.21. The summed E-state index contributed by atoms with van der Waals surface area (Å²) in [6.45, 7) is 5.31. The molecule has 0 spiro atoms. The number of benzene rings is 1. The SMILES string of the molecule is CC1CCC(CN[C@@H](C)c2ccccc2)O1. The third-order valence-corrected chi connectivity index (χ3v) is 3.27. The lowest BCUT2D eigenvalue weighted by atomic mass is 10.1. The molecule has 0 aliphatic carbocycles. The first-order chi connectivity index (χ1) is 7.75. The van der Waals surface area contributed by atoms with E-state index >= 15 is 0 Å². The molecule has 0 amide bonds. The van der Waals surface area contributed by atoms with Gasteiger partial charge >= 0.3 is 0 Å². The molecule has 1 aliphatic heterocycles. The Hall–Kier alpha value is -0.860. The summed E-state index contributed by atoms with van der Waals surface area (Å²) < 4.78 is 5.79. The van der Waals surface area contributed by atoms with E-state index in [1.807, 2.05) is 0 Å². The van der Waals surface area contributed by atoms with Gasteiger partial charge in [0.1, 0.15) is 0 Å². The average Bonchev–Trinajstić information content (AvgIpc) is 2.73. The van der Waals surface area contributed by atoms with Crippen molar-refractivity contribution in [2.75, 3.05) is 6.54 Å². The molecular weight excluding hydrogens is 198 g/mol. The van der Waals surface area contributed by atoms with E-state index in [0.29, 0.717) is 18.2 Å². The maximum atomic E-state index is 5.79. The first-order valence-electron chi connectivity index (χ1n) is 6.19. The molecule has 2 unspecified atom stereocenters. The third-order valence-electron chi connectivity index (χ3n) is 3.27. The molecule has 1 aliphatic rings. The molecule has 1 aromatic carbocycles. The number of ether oxygens (including phenoxy) is 1. The van der Waals surface area contributed by atoms with Gasteiger partial charge in [-0.2, -0.15) is 0 Å². The predicted octanol–water partition coefficient (Wildman–Crippen LogP) is 2.90. The predicted molar refractivity (Wildman–Crippen MR) is 66.4 cm³/mol. The Morgan fingerprint density at radius 2 is 2.06 bits per heavy atom. The monoisotopic (exact) mass is 219 g/mol. The zero-order valence-electron chi connectivity index (χ0n) is 10.1. The van der Waals surface area contributed by atoms with Crippen molar-refractivity contribution in [2.45, 2.75) is 44.9 Å². The Kier molecular flexibility index (Phi) is 3.97. The second-order valence-electron chi connectivity index (χ2n) is 4.69. The molecule has 0 saturated carbocycles. The van der Waals surface area contributed by atoms with Crippen molar-refractivity contribution >= 4 is 0 Å². The van der Waals surface area contributed by atoms with Crippen molar-refractivity contribution in [3.63, 3.8) is 0 Å².